The van der Waals surface area contributed by atoms with Crippen molar-refractivity contribution < 1.29 is 9.53 Å². The molecular weight excluding hydrogens is 122 g/mol. The summed E-state index contributed by atoms with van der Waals surface area (Å²) < 4.78 is 3.74. The molecule has 8 heavy (non-hydrogen) atoms. The summed E-state index contributed by atoms with van der Waals surface area (Å²) in [7, 11) is 0. The maximum atomic E-state index is 9.85. The Kier molecular flexibility index (Phi) is 7.41. The lowest BCUT2D eigenvalue weighted by Crippen LogP contribution is -1.91. The van der Waals surface area contributed by atoms with Gasteiger partial charge in [-0.2, -0.15) is 0 Å². The molecule has 0 aromatic rings. The first-order valence-corrected chi connectivity index (χ1v) is 1.53. The molecule has 0 saturated heterocycles. The lowest BCUT2D eigenvalue weighted by Gasteiger charge is -1.77. The summed E-state index contributed by atoms with van der Waals surface area (Å²) in [6.45, 7) is 3.05. The van der Waals surface area contributed by atoms with E-state index >= 15 is 0 Å². The maximum absolute atomic E-state index is 9.85. The van der Waals surface area contributed by atoms with Crippen molar-refractivity contribution >= 4 is 16.9 Å². The molecule has 0 aromatic carbocycles. The first-order valence-electron chi connectivity index (χ1n) is 1.53. The second-order valence-corrected chi connectivity index (χ2v) is 0.717. The standard InChI is InChI=1S/C4H3NO2.Si/c1-2-4(6)7-3-5;/h2H,1H2;. The number of ether oxygens (including phenoxy) is 1. The van der Waals surface area contributed by atoms with Crippen molar-refractivity contribution in [3.63, 3.8) is 0 Å². The van der Waals surface area contributed by atoms with Crippen molar-refractivity contribution in [2.45, 2.75) is 0 Å². The van der Waals surface area contributed by atoms with E-state index in [4.69, 9.17) is 5.26 Å². The lowest BCUT2D eigenvalue weighted by atomic mass is 10.7. The number of carbonyl (C=O) groups excluding carboxylic acids is 1. The van der Waals surface area contributed by atoms with Gasteiger partial charge in [0.05, 0.1) is 0 Å². The van der Waals surface area contributed by atoms with Crippen molar-refractivity contribution in [1.29, 1.82) is 5.26 Å². The Morgan fingerprint density at radius 2 is 2.38 bits per heavy atom. The summed E-state index contributed by atoms with van der Waals surface area (Å²) in [5.74, 6) is -0.720. The fourth-order valence-corrected chi connectivity index (χ4v) is 0.0867. The summed E-state index contributed by atoms with van der Waals surface area (Å²) in [4.78, 5) is 9.85. The van der Waals surface area contributed by atoms with Crippen LogP contribution in [-0.4, -0.2) is 16.9 Å². The minimum atomic E-state index is -0.720. The van der Waals surface area contributed by atoms with Crippen molar-refractivity contribution in [1.82, 2.24) is 0 Å². The van der Waals surface area contributed by atoms with Crippen LogP contribution >= 0.6 is 0 Å². The van der Waals surface area contributed by atoms with Crippen LogP contribution in [0.25, 0.3) is 0 Å². The molecular formula is C4H3NO2Si. The average molecular weight is 125 g/mol. The van der Waals surface area contributed by atoms with E-state index in [1.54, 1.807) is 0 Å². The number of esters is 1. The molecule has 0 spiro atoms. The van der Waals surface area contributed by atoms with Gasteiger partial charge in [0.2, 0.25) is 0 Å². The van der Waals surface area contributed by atoms with Gasteiger partial charge in [-0.25, -0.2) is 4.79 Å². The normalized spacial score (nSPS) is 5.38. The predicted molar refractivity (Wildman–Crippen MR) is 27.7 cm³/mol. The molecule has 4 radical (unpaired) electrons. The quantitative estimate of drug-likeness (QED) is 0.211. The maximum Gasteiger partial charge on any atom is 0.345 e. The van der Waals surface area contributed by atoms with E-state index in [2.05, 4.69) is 11.3 Å². The Morgan fingerprint density at radius 3 is 2.50 bits per heavy atom. The first-order chi connectivity index (χ1) is 3.31. The van der Waals surface area contributed by atoms with Gasteiger partial charge in [-0.1, -0.05) is 6.58 Å². The van der Waals surface area contributed by atoms with Crippen LogP contribution in [-0.2, 0) is 9.53 Å². The molecule has 0 aliphatic rings. The van der Waals surface area contributed by atoms with E-state index < -0.39 is 5.97 Å². The number of rotatable bonds is 1. The second-order valence-electron chi connectivity index (χ2n) is 0.717. The third kappa shape index (κ3) is 4.92. The molecule has 0 saturated carbocycles. The fourth-order valence-electron chi connectivity index (χ4n) is 0.0867. The highest BCUT2D eigenvalue weighted by Crippen LogP contribution is 1.71. The van der Waals surface area contributed by atoms with Crippen LogP contribution in [0.4, 0.5) is 0 Å². The zero-order valence-corrected chi connectivity index (χ0v) is 5.05. The van der Waals surface area contributed by atoms with Crippen LogP contribution < -0.4 is 0 Å². The molecule has 0 heterocycles. The highest BCUT2D eigenvalue weighted by atomic mass is 28.1. The SMILES string of the molecule is C=CC(=O)OC#N.[Si]. The molecule has 0 unspecified atom stereocenters. The molecule has 0 fully saturated rings. The minimum absolute atomic E-state index is 0. The van der Waals surface area contributed by atoms with E-state index in [0.29, 0.717) is 0 Å². The Hall–Kier alpha value is -1.08. The Labute approximate surface area is 51.6 Å². The van der Waals surface area contributed by atoms with Crippen LogP contribution in [0.3, 0.4) is 0 Å². The minimum Gasteiger partial charge on any atom is -0.347 e. The lowest BCUT2D eigenvalue weighted by molar-refractivity contribution is -0.131. The monoisotopic (exact) mass is 125 g/mol. The first kappa shape index (κ1) is 10.0. The molecule has 3 nitrogen and oxygen atoms in total. The van der Waals surface area contributed by atoms with Crippen molar-refractivity contribution in [2.24, 2.45) is 0 Å². The van der Waals surface area contributed by atoms with Gasteiger partial charge in [-0.05, 0) is 0 Å². The molecule has 0 aliphatic carbocycles. The van der Waals surface area contributed by atoms with Crippen LogP contribution in [0.1, 0.15) is 0 Å². The second kappa shape index (κ2) is 5.92. The van der Waals surface area contributed by atoms with E-state index in [-0.39, 0.29) is 11.0 Å². The summed E-state index contributed by atoms with van der Waals surface area (Å²) in [5, 5.41) is 7.63. The molecule has 0 bridgehead atoms. The fraction of sp³-hybridized carbons (Fsp3) is 0. The van der Waals surface area contributed by atoms with Gasteiger partial charge < -0.3 is 4.74 Å². The zero-order chi connectivity index (χ0) is 5.70. The van der Waals surface area contributed by atoms with Crippen LogP contribution in [0.15, 0.2) is 12.7 Å². The summed E-state index contributed by atoms with van der Waals surface area (Å²) >= 11 is 0. The van der Waals surface area contributed by atoms with E-state index in [1.807, 2.05) is 0 Å². The van der Waals surface area contributed by atoms with Crippen LogP contribution in [0.2, 0.25) is 0 Å². The molecule has 0 amide bonds. The Balaban J connectivity index is 0. The van der Waals surface area contributed by atoms with Crippen molar-refractivity contribution in [2.75, 3.05) is 0 Å². The molecule has 0 atom stereocenters. The summed E-state index contributed by atoms with van der Waals surface area (Å²) in [6, 6.07) is 0. The van der Waals surface area contributed by atoms with E-state index in [1.165, 1.54) is 6.26 Å². The van der Waals surface area contributed by atoms with Gasteiger partial charge in [0.25, 0.3) is 6.26 Å². The number of hydrogen-bond acceptors (Lipinski definition) is 3. The zero-order valence-electron chi connectivity index (χ0n) is 4.05. The van der Waals surface area contributed by atoms with E-state index in [0.717, 1.165) is 6.08 Å². The third-order valence-corrected chi connectivity index (χ3v) is 0.313. The largest absolute Gasteiger partial charge is 0.347 e. The number of hydrogen-bond donors (Lipinski definition) is 0. The highest BCUT2D eigenvalue weighted by Gasteiger charge is 1.87. The van der Waals surface area contributed by atoms with Gasteiger partial charge in [0, 0.05) is 17.0 Å². The summed E-state index contributed by atoms with van der Waals surface area (Å²) in [5.41, 5.74) is 0. The topological polar surface area (TPSA) is 50.1 Å². The molecule has 0 N–H and O–H groups in total. The molecule has 4 heteroatoms. The Morgan fingerprint density at radius 1 is 1.88 bits per heavy atom. The molecule has 0 rings (SSSR count). The van der Waals surface area contributed by atoms with Gasteiger partial charge in [0.1, 0.15) is 0 Å². The smallest absolute Gasteiger partial charge is 0.345 e. The predicted octanol–water partition coefficient (Wildman–Crippen LogP) is -0.184. The third-order valence-electron chi connectivity index (χ3n) is 0.313. The number of nitrogens with zero attached hydrogens (tertiary/aromatic N) is 1. The Bertz CT molecular complexity index is 126. The van der Waals surface area contributed by atoms with Crippen LogP contribution in [0, 0.1) is 11.5 Å². The molecule has 0 aromatic heterocycles. The number of carbonyl (C=O) groups is 1. The molecule has 40 valence electrons. The summed E-state index contributed by atoms with van der Waals surface area (Å²) in [6.07, 6.45) is 2.12. The van der Waals surface area contributed by atoms with E-state index in [9.17, 15) is 4.79 Å². The molecule has 0 aliphatic heterocycles. The van der Waals surface area contributed by atoms with Gasteiger partial charge in [-0.3, -0.25) is 0 Å². The number of nitriles is 1. The van der Waals surface area contributed by atoms with Crippen molar-refractivity contribution in [3.05, 3.63) is 12.7 Å². The van der Waals surface area contributed by atoms with Crippen LogP contribution in [0.5, 0.6) is 0 Å². The van der Waals surface area contributed by atoms with Gasteiger partial charge >= 0.3 is 5.97 Å². The van der Waals surface area contributed by atoms with Gasteiger partial charge in [-0.15, -0.1) is 5.26 Å². The van der Waals surface area contributed by atoms with Crippen molar-refractivity contribution in [3.8, 4) is 6.26 Å². The average Bonchev–Trinajstić information content (AvgIpc) is 1.68. The van der Waals surface area contributed by atoms with Gasteiger partial charge in [0.15, 0.2) is 0 Å². The highest BCUT2D eigenvalue weighted by molar-refractivity contribution is 5.81.